The molecule has 0 spiro atoms. The molecule has 2 rings (SSSR count). The molecule has 3 N–H and O–H groups in total. The highest BCUT2D eigenvalue weighted by atomic mass is 79.9. The van der Waals surface area contributed by atoms with Crippen molar-refractivity contribution in [3.8, 4) is 0 Å². The molecule has 112 valence electrons. The number of hydrogen-bond donors (Lipinski definition) is 2. The number of nitrogens with two attached hydrogens (primary N) is 1. The minimum atomic E-state index is -4.15. The summed E-state index contributed by atoms with van der Waals surface area (Å²) >= 11 is 8.86. The maximum Gasteiger partial charge on any atom is 0.264 e. The molecule has 8 heteroatoms. The van der Waals surface area contributed by atoms with Crippen LogP contribution in [0.25, 0.3) is 0 Å². The summed E-state index contributed by atoms with van der Waals surface area (Å²) in [7, 11) is -4.15. The lowest BCUT2D eigenvalue weighted by atomic mass is 10.2. The van der Waals surface area contributed by atoms with Crippen molar-refractivity contribution in [1.29, 1.82) is 0 Å². The van der Waals surface area contributed by atoms with Crippen LogP contribution in [-0.2, 0) is 10.0 Å². The summed E-state index contributed by atoms with van der Waals surface area (Å²) in [6.07, 6.45) is 0. The zero-order chi connectivity index (χ0) is 15.8. The van der Waals surface area contributed by atoms with Gasteiger partial charge >= 0.3 is 0 Å². The molecule has 0 aliphatic rings. The van der Waals surface area contributed by atoms with Crippen LogP contribution in [0.15, 0.2) is 39.7 Å². The molecule has 2 aromatic rings. The average molecular weight is 394 g/mol. The number of benzene rings is 2. The van der Waals surface area contributed by atoms with Gasteiger partial charge in [0.05, 0.1) is 10.7 Å². The summed E-state index contributed by atoms with van der Waals surface area (Å²) in [4.78, 5) is -0.596. The molecule has 0 amide bonds. The molecule has 0 bridgehead atoms. The van der Waals surface area contributed by atoms with Crippen LogP contribution in [0, 0.1) is 12.7 Å². The Kier molecular flexibility index (Phi) is 4.46. The molecule has 4 nitrogen and oxygen atoms in total. The van der Waals surface area contributed by atoms with Gasteiger partial charge in [-0.15, -0.1) is 0 Å². The highest BCUT2D eigenvalue weighted by molar-refractivity contribution is 9.10. The van der Waals surface area contributed by atoms with E-state index in [1.165, 1.54) is 0 Å². The van der Waals surface area contributed by atoms with Gasteiger partial charge in [-0.05, 0) is 52.7 Å². The molecule has 0 atom stereocenters. The van der Waals surface area contributed by atoms with Crippen LogP contribution >= 0.6 is 27.5 Å². The van der Waals surface area contributed by atoms with Crippen molar-refractivity contribution in [2.24, 2.45) is 0 Å². The third kappa shape index (κ3) is 3.48. The molecule has 0 aromatic heterocycles. The van der Waals surface area contributed by atoms with E-state index >= 15 is 0 Å². The maximum atomic E-state index is 13.9. The van der Waals surface area contributed by atoms with E-state index in [1.807, 2.05) is 6.92 Å². The zero-order valence-electron chi connectivity index (χ0n) is 10.8. The van der Waals surface area contributed by atoms with Crippen LogP contribution < -0.4 is 10.5 Å². The number of halogens is 3. The van der Waals surface area contributed by atoms with Crippen molar-refractivity contribution in [2.75, 3.05) is 10.5 Å². The minimum absolute atomic E-state index is 0.0603. The van der Waals surface area contributed by atoms with E-state index in [9.17, 15) is 12.8 Å². The first kappa shape index (κ1) is 16.1. The Bertz CT molecular complexity index is 812. The van der Waals surface area contributed by atoms with Crippen LogP contribution in [0.3, 0.4) is 0 Å². The van der Waals surface area contributed by atoms with Gasteiger partial charge < -0.3 is 5.73 Å². The lowest BCUT2D eigenvalue weighted by Gasteiger charge is -2.12. The average Bonchev–Trinajstić information content (AvgIpc) is 2.37. The molecule has 0 radical (unpaired) electrons. The summed E-state index contributed by atoms with van der Waals surface area (Å²) in [6, 6.07) is 7.29. The Morgan fingerprint density at radius 3 is 2.62 bits per heavy atom. The molecule has 0 saturated carbocycles. The fourth-order valence-electron chi connectivity index (χ4n) is 1.70. The highest BCUT2D eigenvalue weighted by Gasteiger charge is 2.23. The van der Waals surface area contributed by atoms with Crippen molar-refractivity contribution in [3.63, 3.8) is 0 Å². The van der Waals surface area contributed by atoms with Gasteiger partial charge in [-0.2, -0.15) is 0 Å². The Hall–Kier alpha value is -1.31. The molecule has 0 aliphatic carbocycles. The smallest absolute Gasteiger partial charge is 0.264 e. The number of rotatable bonds is 3. The van der Waals surface area contributed by atoms with E-state index in [0.717, 1.165) is 17.7 Å². The standard InChI is InChI=1S/C13H11BrClFN2O2S/c1-7-2-3-9(14)11(4-7)18-21(19,20)12-6-8(17)5-10(15)13(12)16/h2-6,18H,17H2,1H3. The van der Waals surface area contributed by atoms with E-state index in [4.69, 9.17) is 17.3 Å². The second-order valence-corrected chi connectivity index (χ2v) is 7.32. The van der Waals surface area contributed by atoms with Gasteiger partial charge in [0, 0.05) is 10.2 Å². The quantitative estimate of drug-likeness (QED) is 0.776. The van der Waals surface area contributed by atoms with E-state index in [1.54, 1.807) is 18.2 Å². The molecular weight excluding hydrogens is 383 g/mol. The summed E-state index contributed by atoms with van der Waals surface area (Å²) in [5.41, 5.74) is 6.73. The predicted octanol–water partition coefficient (Wildman–Crippen LogP) is 3.93. The SMILES string of the molecule is Cc1ccc(Br)c(NS(=O)(=O)c2cc(N)cc(Cl)c2F)c1. The largest absolute Gasteiger partial charge is 0.399 e. The fourth-order valence-corrected chi connectivity index (χ4v) is 3.66. The number of anilines is 2. The monoisotopic (exact) mass is 392 g/mol. The topological polar surface area (TPSA) is 72.2 Å². The molecule has 0 heterocycles. The van der Waals surface area contributed by atoms with E-state index in [-0.39, 0.29) is 10.7 Å². The third-order valence-electron chi connectivity index (χ3n) is 2.67. The van der Waals surface area contributed by atoms with Crippen LogP contribution in [0.1, 0.15) is 5.56 Å². The van der Waals surface area contributed by atoms with Crippen LogP contribution in [0.5, 0.6) is 0 Å². The zero-order valence-corrected chi connectivity index (χ0v) is 14.0. The van der Waals surface area contributed by atoms with Gasteiger partial charge in [-0.1, -0.05) is 17.7 Å². The van der Waals surface area contributed by atoms with E-state index in [2.05, 4.69) is 20.7 Å². The molecule has 21 heavy (non-hydrogen) atoms. The number of aryl methyl sites for hydroxylation is 1. The Balaban J connectivity index is 2.51. The van der Waals surface area contributed by atoms with Gasteiger partial charge in [-0.25, -0.2) is 12.8 Å². The molecule has 0 aliphatic heterocycles. The predicted molar refractivity (Wildman–Crippen MR) is 85.5 cm³/mol. The molecule has 2 aromatic carbocycles. The summed E-state index contributed by atoms with van der Waals surface area (Å²) in [5.74, 6) is -1.04. The Labute approximate surface area is 135 Å². The minimum Gasteiger partial charge on any atom is -0.399 e. The number of nitrogen functional groups attached to an aromatic ring is 1. The second kappa shape index (κ2) is 5.82. The Morgan fingerprint density at radius 1 is 1.29 bits per heavy atom. The highest BCUT2D eigenvalue weighted by Crippen LogP contribution is 2.30. The van der Waals surface area contributed by atoms with Crippen LogP contribution in [0.2, 0.25) is 5.02 Å². The molecular formula is C13H11BrClFN2O2S. The summed E-state index contributed by atoms with van der Waals surface area (Å²) < 4.78 is 41.4. The first-order valence-electron chi connectivity index (χ1n) is 5.74. The van der Waals surface area contributed by atoms with Crippen LogP contribution in [-0.4, -0.2) is 8.42 Å². The maximum absolute atomic E-state index is 13.9. The van der Waals surface area contributed by atoms with Crippen molar-refractivity contribution >= 4 is 48.9 Å². The first-order chi connectivity index (χ1) is 9.70. The van der Waals surface area contributed by atoms with Crippen molar-refractivity contribution in [2.45, 2.75) is 11.8 Å². The van der Waals surface area contributed by atoms with Gasteiger partial charge in [0.1, 0.15) is 4.90 Å². The van der Waals surface area contributed by atoms with Crippen molar-refractivity contribution in [3.05, 3.63) is 51.2 Å². The normalized spacial score (nSPS) is 11.4. The fraction of sp³-hybridized carbons (Fsp3) is 0.0769. The summed E-state index contributed by atoms with van der Waals surface area (Å²) in [5, 5.41) is -0.348. The van der Waals surface area contributed by atoms with Gasteiger partial charge in [0.25, 0.3) is 10.0 Å². The number of sulfonamides is 1. The van der Waals surface area contributed by atoms with E-state index in [0.29, 0.717) is 10.2 Å². The Morgan fingerprint density at radius 2 is 1.95 bits per heavy atom. The lowest BCUT2D eigenvalue weighted by molar-refractivity contribution is 0.571. The summed E-state index contributed by atoms with van der Waals surface area (Å²) in [6.45, 7) is 1.81. The van der Waals surface area contributed by atoms with Gasteiger partial charge in [0.15, 0.2) is 5.82 Å². The first-order valence-corrected chi connectivity index (χ1v) is 8.39. The number of hydrogen-bond acceptors (Lipinski definition) is 3. The van der Waals surface area contributed by atoms with Crippen LogP contribution in [0.4, 0.5) is 15.8 Å². The number of nitrogens with one attached hydrogen (secondary N) is 1. The van der Waals surface area contributed by atoms with E-state index < -0.39 is 20.7 Å². The van der Waals surface area contributed by atoms with Crippen molar-refractivity contribution in [1.82, 2.24) is 0 Å². The molecule has 0 fully saturated rings. The van der Waals surface area contributed by atoms with Gasteiger partial charge in [0.2, 0.25) is 0 Å². The third-order valence-corrected chi connectivity index (χ3v) is 5.00. The second-order valence-electron chi connectivity index (χ2n) is 4.40. The molecule has 0 unspecified atom stereocenters. The lowest BCUT2D eigenvalue weighted by Crippen LogP contribution is -2.15. The van der Waals surface area contributed by atoms with Gasteiger partial charge in [-0.3, -0.25) is 4.72 Å². The van der Waals surface area contributed by atoms with Crippen molar-refractivity contribution < 1.29 is 12.8 Å². The molecule has 0 saturated heterocycles.